The summed E-state index contributed by atoms with van der Waals surface area (Å²) in [5.74, 6) is 1.70. The first-order valence-corrected chi connectivity index (χ1v) is 8.07. The third-order valence-electron chi connectivity index (χ3n) is 2.97. The van der Waals surface area contributed by atoms with Crippen LogP contribution in [-0.4, -0.2) is 30.0 Å². The maximum Gasteiger partial charge on any atom is 0.225 e. The lowest BCUT2D eigenvalue weighted by Crippen LogP contribution is -2.39. The molecule has 104 valence electrons. The number of carbonyl (C=O) groups is 1. The Hall–Kier alpha value is -0.590. The fraction of sp³-hybridized carbons (Fsp3) is 0.462. The van der Waals surface area contributed by atoms with E-state index >= 15 is 0 Å². The summed E-state index contributed by atoms with van der Waals surface area (Å²) in [5, 5.41) is 6.16. The van der Waals surface area contributed by atoms with Gasteiger partial charge in [0.05, 0.1) is 4.47 Å². The Bertz CT molecular complexity index is 478. The highest BCUT2D eigenvalue weighted by Gasteiger charge is 2.17. The molecule has 1 aromatic carbocycles. The van der Waals surface area contributed by atoms with Gasteiger partial charge in [-0.2, -0.15) is 11.8 Å². The van der Waals surface area contributed by atoms with Gasteiger partial charge in [0.25, 0.3) is 0 Å². The average Bonchev–Trinajstić information content (AvgIpc) is 2.37. The van der Waals surface area contributed by atoms with Gasteiger partial charge in [-0.15, -0.1) is 0 Å². The summed E-state index contributed by atoms with van der Waals surface area (Å²) in [5.41, 5.74) is 1.38. The van der Waals surface area contributed by atoms with Crippen molar-refractivity contribution < 1.29 is 9.18 Å². The van der Waals surface area contributed by atoms with E-state index in [-0.39, 0.29) is 17.8 Å². The van der Waals surface area contributed by atoms with E-state index in [9.17, 15) is 9.18 Å². The number of rotatable bonds is 3. The topological polar surface area (TPSA) is 41.1 Å². The highest BCUT2D eigenvalue weighted by Crippen LogP contribution is 2.24. The Kier molecular flexibility index (Phi) is 5.24. The van der Waals surface area contributed by atoms with Crippen molar-refractivity contribution in [2.45, 2.75) is 19.4 Å². The predicted octanol–water partition coefficient (Wildman–Crippen LogP) is 2.93. The maximum atomic E-state index is 13.3. The molecule has 1 heterocycles. The SMILES string of the molecule is Cc1cc(F)c(Br)cc1NC(=O)CC1CSCCN1. The minimum atomic E-state index is -0.319. The summed E-state index contributed by atoms with van der Waals surface area (Å²) >= 11 is 4.99. The molecule has 1 aliphatic heterocycles. The zero-order valence-electron chi connectivity index (χ0n) is 10.6. The lowest BCUT2D eigenvalue weighted by Gasteiger charge is -2.22. The van der Waals surface area contributed by atoms with E-state index in [0.29, 0.717) is 16.6 Å². The second-order valence-corrected chi connectivity index (χ2v) is 6.56. The zero-order chi connectivity index (χ0) is 13.8. The molecule has 19 heavy (non-hydrogen) atoms. The fourth-order valence-corrected chi connectivity index (χ4v) is 3.25. The number of aryl methyl sites for hydroxylation is 1. The number of hydrogen-bond acceptors (Lipinski definition) is 3. The largest absolute Gasteiger partial charge is 0.326 e. The van der Waals surface area contributed by atoms with Crippen LogP contribution in [0.4, 0.5) is 10.1 Å². The molecule has 2 N–H and O–H groups in total. The monoisotopic (exact) mass is 346 g/mol. The molecule has 1 fully saturated rings. The van der Waals surface area contributed by atoms with Gasteiger partial charge in [-0.25, -0.2) is 4.39 Å². The minimum Gasteiger partial charge on any atom is -0.326 e. The molecule has 2 rings (SSSR count). The number of hydrogen-bond donors (Lipinski definition) is 2. The summed E-state index contributed by atoms with van der Waals surface area (Å²) in [4.78, 5) is 12.0. The smallest absolute Gasteiger partial charge is 0.225 e. The van der Waals surface area contributed by atoms with Crippen LogP contribution in [0.25, 0.3) is 0 Å². The van der Waals surface area contributed by atoms with Gasteiger partial charge in [-0.1, -0.05) is 0 Å². The van der Waals surface area contributed by atoms with Crippen molar-refractivity contribution in [1.82, 2.24) is 5.32 Å². The number of anilines is 1. The number of halogens is 2. The van der Waals surface area contributed by atoms with Gasteiger partial charge in [-0.05, 0) is 40.5 Å². The third kappa shape index (κ3) is 4.19. The Morgan fingerprint density at radius 1 is 1.63 bits per heavy atom. The van der Waals surface area contributed by atoms with Crippen molar-refractivity contribution in [2.24, 2.45) is 0 Å². The van der Waals surface area contributed by atoms with Crippen molar-refractivity contribution in [2.75, 3.05) is 23.4 Å². The molecule has 0 saturated carbocycles. The Morgan fingerprint density at radius 2 is 2.42 bits per heavy atom. The van der Waals surface area contributed by atoms with Crippen LogP contribution < -0.4 is 10.6 Å². The molecule has 1 atom stereocenters. The second-order valence-electron chi connectivity index (χ2n) is 4.56. The van der Waals surface area contributed by atoms with Gasteiger partial charge in [0.1, 0.15) is 5.82 Å². The molecule has 1 aliphatic rings. The number of benzene rings is 1. The van der Waals surface area contributed by atoms with E-state index in [1.54, 1.807) is 13.0 Å². The maximum absolute atomic E-state index is 13.3. The third-order valence-corrected chi connectivity index (χ3v) is 4.71. The van der Waals surface area contributed by atoms with Crippen molar-refractivity contribution in [3.63, 3.8) is 0 Å². The summed E-state index contributed by atoms with van der Waals surface area (Å²) in [6.45, 7) is 2.73. The molecule has 1 saturated heterocycles. The molecule has 0 radical (unpaired) electrons. The highest BCUT2D eigenvalue weighted by atomic mass is 79.9. The minimum absolute atomic E-state index is 0.0402. The molecule has 3 nitrogen and oxygen atoms in total. The van der Waals surface area contributed by atoms with Gasteiger partial charge in [0.15, 0.2) is 0 Å². The molecule has 1 unspecified atom stereocenters. The van der Waals surface area contributed by atoms with Crippen LogP contribution >= 0.6 is 27.7 Å². The number of thioether (sulfide) groups is 1. The fourth-order valence-electron chi connectivity index (χ4n) is 1.96. The van der Waals surface area contributed by atoms with Crippen LogP contribution in [-0.2, 0) is 4.79 Å². The van der Waals surface area contributed by atoms with Gasteiger partial charge in [-0.3, -0.25) is 4.79 Å². The van der Waals surface area contributed by atoms with Crippen molar-refractivity contribution in [3.8, 4) is 0 Å². The van der Waals surface area contributed by atoms with E-state index in [1.165, 1.54) is 6.07 Å². The second kappa shape index (κ2) is 6.72. The first-order valence-electron chi connectivity index (χ1n) is 6.13. The van der Waals surface area contributed by atoms with E-state index < -0.39 is 0 Å². The first kappa shape index (κ1) is 14.8. The first-order chi connectivity index (χ1) is 9.06. The quantitative estimate of drug-likeness (QED) is 0.883. The van der Waals surface area contributed by atoms with Gasteiger partial charge in [0, 0.05) is 36.2 Å². The molecule has 0 bridgehead atoms. The van der Waals surface area contributed by atoms with E-state index in [1.807, 2.05) is 11.8 Å². The molecule has 0 aliphatic carbocycles. The normalized spacial score (nSPS) is 19.2. The molecular formula is C13H16BrFN2OS. The Balaban J connectivity index is 1.96. The average molecular weight is 347 g/mol. The van der Waals surface area contributed by atoms with Gasteiger partial charge >= 0.3 is 0 Å². The number of amides is 1. The molecule has 0 spiro atoms. The van der Waals surface area contributed by atoms with Crippen LogP contribution in [0, 0.1) is 12.7 Å². The zero-order valence-corrected chi connectivity index (χ0v) is 13.0. The summed E-state index contributed by atoms with van der Waals surface area (Å²) in [6.07, 6.45) is 0.446. The molecular weight excluding hydrogens is 331 g/mol. The van der Waals surface area contributed by atoms with Crippen LogP contribution in [0.2, 0.25) is 0 Å². The van der Waals surface area contributed by atoms with Crippen molar-refractivity contribution in [3.05, 3.63) is 28.0 Å². The van der Waals surface area contributed by atoms with Crippen LogP contribution in [0.5, 0.6) is 0 Å². The lowest BCUT2D eigenvalue weighted by atomic mass is 10.1. The molecule has 6 heteroatoms. The standard InChI is InChI=1S/C13H16BrFN2OS/c1-8-4-11(15)10(14)6-12(8)17-13(18)5-9-7-19-3-2-16-9/h4,6,9,16H,2-3,5,7H2,1H3,(H,17,18). The molecule has 0 aromatic heterocycles. The summed E-state index contributed by atoms with van der Waals surface area (Å²) in [7, 11) is 0. The Morgan fingerprint density at radius 3 is 3.11 bits per heavy atom. The van der Waals surface area contributed by atoms with Crippen LogP contribution in [0.15, 0.2) is 16.6 Å². The van der Waals surface area contributed by atoms with Gasteiger partial charge < -0.3 is 10.6 Å². The van der Waals surface area contributed by atoms with E-state index in [2.05, 4.69) is 26.6 Å². The van der Waals surface area contributed by atoms with E-state index in [0.717, 1.165) is 23.6 Å². The molecule has 1 aromatic rings. The Labute approximate surface area is 124 Å². The summed E-state index contributed by atoms with van der Waals surface area (Å²) in [6, 6.07) is 3.24. The lowest BCUT2D eigenvalue weighted by molar-refractivity contribution is -0.116. The highest BCUT2D eigenvalue weighted by molar-refractivity contribution is 9.10. The number of carbonyl (C=O) groups excluding carboxylic acids is 1. The van der Waals surface area contributed by atoms with Crippen molar-refractivity contribution in [1.29, 1.82) is 0 Å². The molecule has 1 amide bonds. The number of nitrogens with one attached hydrogen (secondary N) is 2. The summed E-state index contributed by atoms with van der Waals surface area (Å²) < 4.78 is 13.7. The van der Waals surface area contributed by atoms with Crippen molar-refractivity contribution >= 4 is 39.3 Å². The van der Waals surface area contributed by atoms with E-state index in [4.69, 9.17) is 0 Å². The van der Waals surface area contributed by atoms with Crippen LogP contribution in [0.1, 0.15) is 12.0 Å². The van der Waals surface area contributed by atoms with Crippen LogP contribution in [0.3, 0.4) is 0 Å². The van der Waals surface area contributed by atoms with Gasteiger partial charge in [0.2, 0.25) is 5.91 Å². The predicted molar refractivity (Wildman–Crippen MR) is 81.2 cm³/mol.